The van der Waals surface area contributed by atoms with Crippen LogP contribution in [0.15, 0.2) is 30.5 Å². The topological polar surface area (TPSA) is 19.0 Å². The average Bonchev–Trinajstić information content (AvgIpc) is 2.85. The number of halogens is 1. The van der Waals surface area contributed by atoms with Crippen LogP contribution >= 0.6 is 11.8 Å². The summed E-state index contributed by atoms with van der Waals surface area (Å²) in [6.45, 7) is 3.23. The summed E-state index contributed by atoms with van der Waals surface area (Å²) in [5, 5.41) is 1.38. The predicted octanol–water partition coefficient (Wildman–Crippen LogP) is 4.67. The fraction of sp³-hybridized carbons (Fsp3) is 0.500. The van der Waals surface area contributed by atoms with E-state index in [2.05, 4.69) is 42.4 Å². The minimum Gasteiger partial charge on any atom is -0.361 e. The number of H-pyrrole nitrogens is 1. The van der Waals surface area contributed by atoms with E-state index in [9.17, 15) is 0 Å². The Morgan fingerprint density at radius 2 is 2.21 bits per heavy atom. The van der Waals surface area contributed by atoms with Gasteiger partial charge in [0.05, 0.1) is 0 Å². The molecule has 2 aromatic rings. The molecule has 0 saturated carbocycles. The minimum atomic E-state index is 0.527. The summed E-state index contributed by atoms with van der Waals surface area (Å²) in [6, 6.07) is 9.12. The zero-order chi connectivity index (χ0) is 13.2. The third-order valence-electron chi connectivity index (χ3n) is 4.33. The van der Waals surface area contributed by atoms with E-state index >= 15 is 0 Å². The Labute approximate surface area is 119 Å². The Hall–Kier alpha value is -0.990. The number of para-hydroxylation sites is 1. The van der Waals surface area contributed by atoms with E-state index < -0.39 is 0 Å². The number of hydrogen-bond donors (Lipinski definition) is 1. The average molecular weight is 277 g/mol. The van der Waals surface area contributed by atoms with Crippen LogP contribution in [0.5, 0.6) is 0 Å². The summed E-state index contributed by atoms with van der Waals surface area (Å²) in [7, 11) is 0. The summed E-state index contributed by atoms with van der Waals surface area (Å²) >= 11 is 6.33. The lowest BCUT2D eigenvalue weighted by molar-refractivity contribution is 0.228. The van der Waals surface area contributed by atoms with Gasteiger partial charge in [-0.25, -0.2) is 4.42 Å². The van der Waals surface area contributed by atoms with Crippen molar-refractivity contribution in [1.29, 1.82) is 0 Å². The number of benzene rings is 1. The van der Waals surface area contributed by atoms with Gasteiger partial charge < -0.3 is 4.98 Å². The summed E-state index contributed by atoms with van der Waals surface area (Å²) in [4.78, 5) is 3.40. The minimum absolute atomic E-state index is 0.527. The van der Waals surface area contributed by atoms with Gasteiger partial charge in [0, 0.05) is 29.7 Å². The highest BCUT2D eigenvalue weighted by atomic mass is 35.5. The Bertz CT molecular complexity index is 548. The van der Waals surface area contributed by atoms with Gasteiger partial charge in [-0.3, -0.25) is 0 Å². The van der Waals surface area contributed by atoms with Crippen LogP contribution in [0.2, 0.25) is 0 Å². The molecule has 0 spiro atoms. The van der Waals surface area contributed by atoms with Gasteiger partial charge in [-0.15, -0.1) is 0 Å². The lowest BCUT2D eigenvalue weighted by atomic mass is 9.85. The van der Waals surface area contributed by atoms with Crippen molar-refractivity contribution in [3.05, 3.63) is 36.0 Å². The third kappa shape index (κ3) is 2.52. The fourth-order valence-electron chi connectivity index (χ4n) is 3.33. The van der Waals surface area contributed by atoms with E-state index in [0.717, 1.165) is 13.0 Å². The van der Waals surface area contributed by atoms with Gasteiger partial charge in [0.1, 0.15) is 0 Å². The predicted molar refractivity (Wildman–Crippen MR) is 81.5 cm³/mol. The smallest absolute Gasteiger partial charge is 0.0456 e. The number of hydrogen-bond acceptors (Lipinski definition) is 1. The molecule has 19 heavy (non-hydrogen) atoms. The zero-order valence-electron chi connectivity index (χ0n) is 11.4. The molecular formula is C16H21ClN2. The number of fused-ring (bicyclic) bond motifs is 1. The zero-order valence-corrected chi connectivity index (χ0v) is 12.2. The van der Waals surface area contributed by atoms with E-state index in [1.807, 2.05) is 4.42 Å². The summed E-state index contributed by atoms with van der Waals surface area (Å²) < 4.78 is 2.02. The normalized spacial score (nSPS) is 24.9. The van der Waals surface area contributed by atoms with E-state index in [4.69, 9.17) is 11.8 Å². The number of rotatable bonds is 3. The van der Waals surface area contributed by atoms with E-state index in [0.29, 0.717) is 12.0 Å². The van der Waals surface area contributed by atoms with Gasteiger partial charge in [-0.2, -0.15) is 0 Å². The Morgan fingerprint density at radius 1 is 1.37 bits per heavy atom. The molecule has 1 aromatic heterocycles. The van der Waals surface area contributed by atoms with E-state index in [1.165, 1.54) is 35.7 Å². The van der Waals surface area contributed by atoms with Crippen LogP contribution in [0, 0.1) is 0 Å². The van der Waals surface area contributed by atoms with Crippen molar-refractivity contribution in [2.75, 3.05) is 6.54 Å². The van der Waals surface area contributed by atoms with Gasteiger partial charge in [-0.05, 0) is 48.6 Å². The molecule has 2 heterocycles. The molecule has 2 unspecified atom stereocenters. The molecule has 0 radical (unpaired) electrons. The first-order chi connectivity index (χ1) is 9.29. The molecule has 1 aliphatic rings. The quantitative estimate of drug-likeness (QED) is 0.807. The van der Waals surface area contributed by atoms with Gasteiger partial charge in [0.15, 0.2) is 0 Å². The highest BCUT2D eigenvalue weighted by Gasteiger charge is 2.28. The number of piperidine rings is 1. The highest BCUT2D eigenvalue weighted by molar-refractivity contribution is 6.13. The van der Waals surface area contributed by atoms with Gasteiger partial charge in [-0.1, -0.05) is 31.5 Å². The van der Waals surface area contributed by atoms with Crippen LogP contribution in [0.1, 0.15) is 44.1 Å². The van der Waals surface area contributed by atoms with Crippen molar-refractivity contribution in [1.82, 2.24) is 9.40 Å². The second-order valence-electron chi connectivity index (χ2n) is 5.58. The van der Waals surface area contributed by atoms with E-state index in [-0.39, 0.29) is 0 Å². The molecule has 1 fully saturated rings. The first-order valence-electron chi connectivity index (χ1n) is 7.28. The second-order valence-corrected chi connectivity index (χ2v) is 6.01. The molecule has 3 rings (SSSR count). The van der Waals surface area contributed by atoms with Crippen LogP contribution in [-0.4, -0.2) is 22.0 Å². The summed E-state index contributed by atoms with van der Waals surface area (Å²) in [6.07, 6.45) is 6.93. The first kappa shape index (κ1) is 13.0. The van der Waals surface area contributed by atoms with Gasteiger partial charge >= 0.3 is 0 Å². The van der Waals surface area contributed by atoms with Gasteiger partial charge in [0.2, 0.25) is 0 Å². The Kier molecular flexibility index (Phi) is 3.81. The van der Waals surface area contributed by atoms with Crippen LogP contribution in [0.4, 0.5) is 0 Å². The van der Waals surface area contributed by atoms with Crippen molar-refractivity contribution in [2.45, 2.75) is 44.6 Å². The largest absolute Gasteiger partial charge is 0.361 e. The molecule has 3 heteroatoms. The van der Waals surface area contributed by atoms with E-state index in [1.54, 1.807) is 0 Å². The second kappa shape index (κ2) is 5.56. The Balaban J connectivity index is 1.86. The summed E-state index contributed by atoms with van der Waals surface area (Å²) in [5.41, 5.74) is 2.72. The van der Waals surface area contributed by atoms with Crippen molar-refractivity contribution < 1.29 is 0 Å². The summed E-state index contributed by atoms with van der Waals surface area (Å²) in [5.74, 6) is 0.641. The molecule has 0 aliphatic carbocycles. The molecule has 2 nitrogen and oxygen atoms in total. The maximum Gasteiger partial charge on any atom is 0.0456 e. The van der Waals surface area contributed by atoms with Crippen LogP contribution in [-0.2, 0) is 0 Å². The highest BCUT2D eigenvalue weighted by Crippen LogP contribution is 2.37. The maximum atomic E-state index is 6.33. The maximum absolute atomic E-state index is 6.33. The van der Waals surface area contributed by atoms with Crippen LogP contribution in [0.25, 0.3) is 10.9 Å². The molecular weight excluding hydrogens is 256 g/mol. The van der Waals surface area contributed by atoms with Crippen molar-refractivity contribution in [2.24, 2.45) is 0 Å². The van der Waals surface area contributed by atoms with Crippen LogP contribution < -0.4 is 0 Å². The number of aromatic nitrogens is 1. The molecule has 0 amide bonds. The monoisotopic (exact) mass is 276 g/mol. The third-order valence-corrected chi connectivity index (χ3v) is 4.77. The first-order valence-corrected chi connectivity index (χ1v) is 7.61. The Morgan fingerprint density at radius 3 is 3.05 bits per heavy atom. The lowest BCUT2D eigenvalue weighted by Crippen LogP contribution is -2.35. The SMILES string of the molecule is CCCC1CC(c2c[nH]c3ccccc23)CCN1Cl. The molecule has 1 N–H and O–H groups in total. The fourth-order valence-corrected chi connectivity index (χ4v) is 3.60. The van der Waals surface area contributed by atoms with Crippen molar-refractivity contribution >= 4 is 22.7 Å². The molecule has 2 atom stereocenters. The van der Waals surface area contributed by atoms with Crippen molar-refractivity contribution in [3.8, 4) is 0 Å². The standard InChI is InChI=1S/C16H21ClN2/c1-2-5-13-10-12(8-9-19(13)17)15-11-18-16-7-4-3-6-14(15)16/h3-4,6-7,11-13,18H,2,5,8-10H2,1H3. The number of nitrogens with one attached hydrogen (secondary N) is 1. The number of nitrogens with zero attached hydrogens (tertiary/aromatic N) is 1. The lowest BCUT2D eigenvalue weighted by Gasteiger charge is -2.35. The van der Waals surface area contributed by atoms with Gasteiger partial charge in [0.25, 0.3) is 0 Å². The molecule has 1 saturated heterocycles. The number of aromatic amines is 1. The molecule has 1 aromatic carbocycles. The molecule has 1 aliphatic heterocycles. The molecule has 102 valence electrons. The molecule has 0 bridgehead atoms. The van der Waals surface area contributed by atoms with Crippen LogP contribution in [0.3, 0.4) is 0 Å². The van der Waals surface area contributed by atoms with Crippen molar-refractivity contribution in [3.63, 3.8) is 0 Å².